The highest BCUT2D eigenvalue weighted by atomic mass is 16.1. The summed E-state index contributed by atoms with van der Waals surface area (Å²) in [7, 11) is 0. The molecule has 20 heavy (non-hydrogen) atoms. The maximum Gasteiger partial charge on any atom is 0.221 e. The molecule has 0 aromatic heterocycles. The lowest BCUT2D eigenvalue weighted by atomic mass is 10.0. The van der Waals surface area contributed by atoms with Crippen molar-refractivity contribution < 1.29 is 4.79 Å². The molecule has 0 radical (unpaired) electrons. The Hall–Kier alpha value is -1.35. The van der Waals surface area contributed by atoms with E-state index in [1.54, 1.807) is 0 Å². The van der Waals surface area contributed by atoms with Gasteiger partial charge < -0.3 is 10.6 Å². The van der Waals surface area contributed by atoms with Crippen LogP contribution in [0, 0.1) is 13.8 Å². The fourth-order valence-corrected chi connectivity index (χ4v) is 2.00. The Bertz CT molecular complexity index is 443. The van der Waals surface area contributed by atoms with Crippen molar-refractivity contribution in [3.8, 4) is 0 Å². The molecule has 1 amide bonds. The molecule has 0 saturated heterocycles. The molecule has 0 aliphatic heterocycles. The third-order valence-corrected chi connectivity index (χ3v) is 3.85. The quantitative estimate of drug-likeness (QED) is 0.802. The summed E-state index contributed by atoms with van der Waals surface area (Å²) >= 11 is 0. The molecular weight excluding hydrogens is 248 g/mol. The molecule has 2 atom stereocenters. The second-order valence-electron chi connectivity index (χ2n) is 5.65. The fraction of sp³-hybridized carbons (Fsp3) is 0.588. The van der Waals surface area contributed by atoms with Crippen LogP contribution in [-0.4, -0.2) is 18.5 Å². The molecule has 0 heterocycles. The second kappa shape index (κ2) is 8.05. The number of hydrogen-bond acceptors (Lipinski definition) is 2. The van der Waals surface area contributed by atoms with E-state index < -0.39 is 0 Å². The van der Waals surface area contributed by atoms with Crippen molar-refractivity contribution in [3.63, 3.8) is 0 Å². The van der Waals surface area contributed by atoms with Crippen LogP contribution in [0.5, 0.6) is 0 Å². The van der Waals surface area contributed by atoms with Crippen LogP contribution < -0.4 is 10.6 Å². The Kier molecular flexibility index (Phi) is 6.73. The molecule has 1 aromatic rings. The SMILES string of the molecule is CCC(C)NC(=O)CCNC(C)c1ccc(C)c(C)c1. The molecule has 1 rings (SSSR count). The molecule has 3 heteroatoms. The van der Waals surface area contributed by atoms with Crippen LogP contribution in [0.15, 0.2) is 18.2 Å². The molecule has 3 nitrogen and oxygen atoms in total. The van der Waals surface area contributed by atoms with Gasteiger partial charge in [0.2, 0.25) is 5.91 Å². The lowest BCUT2D eigenvalue weighted by Crippen LogP contribution is -2.34. The zero-order valence-electron chi connectivity index (χ0n) is 13.4. The highest BCUT2D eigenvalue weighted by molar-refractivity contribution is 5.76. The van der Waals surface area contributed by atoms with Crippen molar-refractivity contribution in [2.24, 2.45) is 0 Å². The van der Waals surface area contributed by atoms with Gasteiger partial charge in [-0.25, -0.2) is 0 Å². The molecule has 2 N–H and O–H groups in total. The lowest BCUT2D eigenvalue weighted by molar-refractivity contribution is -0.121. The first-order valence-electron chi connectivity index (χ1n) is 7.54. The minimum atomic E-state index is 0.124. The highest BCUT2D eigenvalue weighted by Crippen LogP contribution is 2.16. The van der Waals surface area contributed by atoms with E-state index in [4.69, 9.17) is 0 Å². The monoisotopic (exact) mass is 276 g/mol. The maximum absolute atomic E-state index is 11.7. The molecule has 112 valence electrons. The maximum atomic E-state index is 11.7. The van der Waals surface area contributed by atoms with Gasteiger partial charge in [0.05, 0.1) is 0 Å². The Balaban J connectivity index is 2.38. The van der Waals surface area contributed by atoms with Crippen LogP contribution >= 0.6 is 0 Å². The van der Waals surface area contributed by atoms with E-state index in [1.807, 2.05) is 6.92 Å². The average Bonchev–Trinajstić information content (AvgIpc) is 2.41. The summed E-state index contributed by atoms with van der Waals surface area (Å²) in [5, 5.41) is 6.39. The van der Waals surface area contributed by atoms with Gasteiger partial charge in [-0.05, 0) is 50.8 Å². The first-order valence-corrected chi connectivity index (χ1v) is 7.54. The summed E-state index contributed by atoms with van der Waals surface area (Å²) in [5.74, 6) is 0.124. The van der Waals surface area contributed by atoms with E-state index in [0.29, 0.717) is 13.0 Å². The number of hydrogen-bond donors (Lipinski definition) is 2. The minimum Gasteiger partial charge on any atom is -0.354 e. The molecule has 2 unspecified atom stereocenters. The van der Waals surface area contributed by atoms with Gasteiger partial charge in [-0.3, -0.25) is 4.79 Å². The molecule has 0 spiro atoms. The van der Waals surface area contributed by atoms with Gasteiger partial charge in [-0.15, -0.1) is 0 Å². The summed E-state index contributed by atoms with van der Waals surface area (Å²) in [6, 6.07) is 7.05. The number of carbonyl (C=O) groups excluding carboxylic acids is 1. The first kappa shape index (κ1) is 16.7. The van der Waals surface area contributed by atoms with Gasteiger partial charge in [-0.2, -0.15) is 0 Å². The third kappa shape index (κ3) is 5.33. The molecule has 0 aliphatic carbocycles. The Morgan fingerprint density at radius 3 is 2.50 bits per heavy atom. The van der Waals surface area contributed by atoms with Gasteiger partial charge in [0.1, 0.15) is 0 Å². The molecule has 0 saturated carbocycles. The van der Waals surface area contributed by atoms with E-state index in [2.05, 4.69) is 56.5 Å². The molecule has 0 aliphatic rings. The Labute approximate surface area is 123 Å². The summed E-state index contributed by atoms with van der Waals surface area (Å²) in [5.41, 5.74) is 3.90. The predicted molar refractivity (Wildman–Crippen MR) is 84.8 cm³/mol. The molecule has 1 aromatic carbocycles. The number of benzene rings is 1. The van der Waals surface area contributed by atoms with Gasteiger partial charge in [0.15, 0.2) is 0 Å². The Morgan fingerprint density at radius 1 is 1.20 bits per heavy atom. The van der Waals surface area contributed by atoms with Crippen molar-refractivity contribution in [2.75, 3.05) is 6.54 Å². The van der Waals surface area contributed by atoms with Gasteiger partial charge in [-0.1, -0.05) is 25.1 Å². The summed E-state index contributed by atoms with van der Waals surface area (Å²) in [4.78, 5) is 11.7. The third-order valence-electron chi connectivity index (χ3n) is 3.85. The minimum absolute atomic E-state index is 0.124. The highest BCUT2D eigenvalue weighted by Gasteiger charge is 2.08. The molecule has 0 fully saturated rings. The van der Waals surface area contributed by atoms with Crippen LogP contribution in [-0.2, 0) is 4.79 Å². The summed E-state index contributed by atoms with van der Waals surface area (Å²) in [6.45, 7) is 11.2. The first-order chi connectivity index (χ1) is 9.43. The number of nitrogens with one attached hydrogen (secondary N) is 2. The number of aryl methyl sites for hydroxylation is 2. The van der Waals surface area contributed by atoms with Crippen molar-refractivity contribution in [2.45, 2.75) is 59.5 Å². The van der Waals surface area contributed by atoms with Gasteiger partial charge >= 0.3 is 0 Å². The fourth-order valence-electron chi connectivity index (χ4n) is 2.00. The van der Waals surface area contributed by atoms with Crippen molar-refractivity contribution in [1.29, 1.82) is 0 Å². The second-order valence-corrected chi connectivity index (χ2v) is 5.65. The van der Waals surface area contributed by atoms with Gasteiger partial charge in [0, 0.05) is 25.0 Å². The van der Waals surface area contributed by atoms with Crippen LogP contribution in [0.25, 0.3) is 0 Å². The predicted octanol–water partition coefficient (Wildman–Crippen LogP) is 3.26. The molecular formula is C17H28N2O. The van der Waals surface area contributed by atoms with Crippen LogP contribution in [0.3, 0.4) is 0 Å². The molecule has 0 bridgehead atoms. The summed E-state index contributed by atoms with van der Waals surface area (Å²) < 4.78 is 0. The van der Waals surface area contributed by atoms with Crippen LogP contribution in [0.2, 0.25) is 0 Å². The van der Waals surface area contributed by atoms with E-state index in [0.717, 1.165) is 6.42 Å². The average molecular weight is 276 g/mol. The van der Waals surface area contributed by atoms with Crippen molar-refractivity contribution in [3.05, 3.63) is 34.9 Å². The normalized spacial score (nSPS) is 13.8. The number of amides is 1. The number of rotatable bonds is 7. The van der Waals surface area contributed by atoms with Crippen molar-refractivity contribution in [1.82, 2.24) is 10.6 Å². The standard InChI is InChI=1S/C17H28N2O/c1-6-14(4)19-17(20)9-10-18-15(5)16-8-7-12(2)13(3)11-16/h7-8,11,14-15,18H,6,9-10H2,1-5H3,(H,19,20). The van der Waals surface area contributed by atoms with E-state index >= 15 is 0 Å². The smallest absolute Gasteiger partial charge is 0.221 e. The van der Waals surface area contributed by atoms with Crippen LogP contribution in [0.1, 0.15) is 56.3 Å². The zero-order chi connectivity index (χ0) is 15.1. The number of carbonyl (C=O) groups is 1. The van der Waals surface area contributed by atoms with Crippen LogP contribution in [0.4, 0.5) is 0 Å². The van der Waals surface area contributed by atoms with E-state index in [-0.39, 0.29) is 18.0 Å². The largest absolute Gasteiger partial charge is 0.354 e. The van der Waals surface area contributed by atoms with E-state index in [9.17, 15) is 4.79 Å². The zero-order valence-corrected chi connectivity index (χ0v) is 13.4. The van der Waals surface area contributed by atoms with Crippen molar-refractivity contribution >= 4 is 5.91 Å². The Morgan fingerprint density at radius 2 is 1.90 bits per heavy atom. The summed E-state index contributed by atoms with van der Waals surface area (Å²) in [6.07, 6.45) is 1.50. The lowest BCUT2D eigenvalue weighted by Gasteiger charge is -2.16. The van der Waals surface area contributed by atoms with E-state index in [1.165, 1.54) is 16.7 Å². The topological polar surface area (TPSA) is 41.1 Å². The van der Waals surface area contributed by atoms with Gasteiger partial charge in [0.25, 0.3) is 0 Å².